The molecule has 0 unspecified atom stereocenters. The lowest BCUT2D eigenvalue weighted by Crippen LogP contribution is -2.33. The van der Waals surface area contributed by atoms with E-state index < -0.39 is 48.2 Å². The van der Waals surface area contributed by atoms with Crippen molar-refractivity contribution < 1.29 is 30.0 Å². The highest BCUT2D eigenvalue weighted by molar-refractivity contribution is 6.01. The number of aromatic amines is 1. The van der Waals surface area contributed by atoms with Gasteiger partial charge in [0.2, 0.25) is 5.95 Å². The number of hydrogen-bond acceptors (Lipinski definition) is 9. The third-order valence-corrected chi connectivity index (χ3v) is 3.71. The molecule has 0 bridgehead atoms. The molecule has 23 heavy (non-hydrogen) atoms. The Morgan fingerprint density at radius 1 is 1.48 bits per heavy atom. The number of aliphatic hydroxyl groups excluding tert-OH is 3. The summed E-state index contributed by atoms with van der Waals surface area (Å²) in [6.07, 6.45) is -4.19. The van der Waals surface area contributed by atoms with Crippen molar-refractivity contribution in [1.29, 1.82) is 0 Å². The van der Waals surface area contributed by atoms with Crippen molar-refractivity contribution in [3.8, 4) is 0 Å². The zero-order valence-corrected chi connectivity index (χ0v) is 11.5. The Balaban J connectivity index is 2.23. The molecule has 3 heterocycles. The van der Waals surface area contributed by atoms with E-state index >= 15 is 0 Å². The fraction of sp³-hybridized carbons (Fsp3) is 0.417. The summed E-state index contributed by atoms with van der Waals surface area (Å²) >= 11 is 0. The summed E-state index contributed by atoms with van der Waals surface area (Å²) in [4.78, 5) is 29.2. The number of rotatable bonds is 3. The molecule has 1 aliphatic rings. The number of carbonyl (C=O) groups is 1. The van der Waals surface area contributed by atoms with Gasteiger partial charge in [0.05, 0.1) is 18.0 Å². The maximum atomic E-state index is 11.9. The molecule has 0 radical (unpaired) electrons. The maximum Gasteiger partial charge on any atom is 0.262 e. The molecule has 0 aromatic carbocycles. The van der Waals surface area contributed by atoms with Gasteiger partial charge in [-0.2, -0.15) is 4.98 Å². The summed E-state index contributed by atoms with van der Waals surface area (Å²) < 4.78 is 6.37. The van der Waals surface area contributed by atoms with Gasteiger partial charge in [-0.1, -0.05) is 0 Å². The number of aromatic nitrogens is 3. The molecular weight excluding hydrogens is 312 g/mol. The molecule has 4 atom stereocenters. The van der Waals surface area contributed by atoms with E-state index in [1.165, 1.54) is 0 Å². The number of carboxylic acid groups (broad SMARTS) is 1. The zero-order valence-electron chi connectivity index (χ0n) is 11.5. The van der Waals surface area contributed by atoms with E-state index in [1.807, 2.05) is 0 Å². The maximum absolute atomic E-state index is 11.9. The fourth-order valence-corrected chi connectivity index (χ4v) is 2.63. The Kier molecular flexibility index (Phi) is 3.56. The third-order valence-electron chi connectivity index (χ3n) is 3.71. The Morgan fingerprint density at radius 3 is 2.74 bits per heavy atom. The highest BCUT2D eigenvalue weighted by Gasteiger charge is 2.44. The number of carboxylic acids is 1. The van der Waals surface area contributed by atoms with E-state index in [0.717, 1.165) is 10.8 Å². The van der Waals surface area contributed by atoms with Gasteiger partial charge in [-0.05, 0) is 0 Å². The number of nitrogens with two attached hydrogens (primary N) is 1. The smallest absolute Gasteiger partial charge is 0.262 e. The van der Waals surface area contributed by atoms with Crippen LogP contribution in [0.3, 0.4) is 0 Å². The molecule has 2 aromatic heterocycles. The van der Waals surface area contributed by atoms with Crippen molar-refractivity contribution in [2.45, 2.75) is 24.5 Å². The molecule has 1 saturated heterocycles. The standard InChI is InChI=1S/C12H14N4O7/c13-12-14-8-5(9(20)15-12)3(11(21)22)1-16(8)10-7(19)6(18)4(2-17)23-10/h1,4,6-7,10,17-19H,2H2,(H,21,22)(H3,13,14,15,20)/p-1/t4-,6-,7-,10-/m1/s1. The number of carbonyl (C=O) groups excluding carboxylic acids is 1. The molecule has 11 heteroatoms. The minimum absolute atomic E-state index is 0.153. The topological polar surface area (TPSA) is 187 Å². The molecule has 11 nitrogen and oxygen atoms in total. The van der Waals surface area contributed by atoms with Crippen molar-refractivity contribution in [3.05, 3.63) is 22.1 Å². The van der Waals surface area contributed by atoms with Gasteiger partial charge in [0.1, 0.15) is 18.3 Å². The second-order valence-electron chi connectivity index (χ2n) is 5.12. The van der Waals surface area contributed by atoms with Gasteiger partial charge in [-0.3, -0.25) is 9.78 Å². The van der Waals surface area contributed by atoms with Crippen LogP contribution in [0, 0.1) is 0 Å². The molecule has 0 aliphatic carbocycles. The van der Waals surface area contributed by atoms with E-state index in [-0.39, 0.29) is 17.0 Å². The van der Waals surface area contributed by atoms with E-state index in [4.69, 9.17) is 15.6 Å². The molecule has 0 saturated carbocycles. The number of hydrogen-bond donors (Lipinski definition) is 5. The Morgan fingerprint density at radius 2 is 2.17 bits per heavy atom. The van der Waals surface area contributed by atoms with Gasteiger partial charge >= 0.3 is 0 Å². The van der Waals surface area contributed by atoms with Crippen molar-refractivity contribution in [3.63, 3.8) is 0 Å². The lowest BCUT2D eigenvalue weighted by Gasteiger charge is -2.17. The molecule has 0 amide bonds. The first-order valence-electron chi connectivity index (χ1n) is 6.59. The van der Waals surface area contributed by atoms with Crippen LogP contribution in [0.1, 0.15) is 16.6 Å². The van der Waals surface area contributed by atoms with Gasteiger partial charge in [0.15, 0.2) is 11.9 Å². The van der Waals surface area contributed by atoms with E-state index in [2.05, 4.69) is 9.97 Å². The lowest BCUT2D eigenvalue weighted by molar-refractivity contribution is -0.254. The summed E-state index contributed by atoms with van der Waals surface area (Å²) in [6, 6.07) is 0. The summed E-state index contributed by atoms with van der Waals surface area (Å²) in [5.41, 5.74) is 4.04. The van der Waals surface area contributed by atoms with Gasteiger partial charge in [0, 0.05) is 11.8 Å². The van der Waals surface area contributed by atoms with E-state index in [0.29, 0.717) is 0 Å². The first kappa shape index (κ1) is 15.4. The third kappa shape index (κ3) is 2.26. The minimum atomic E-state index is -1.63. The predicted molar refractivity (Wildman–Crippen MR) is 72.1 cm³/mol. The van der Waals surface area contributed by atoms with Crippen LogP contribution in [0.5, 0.6) is 0 Å². The molecule has 2 aromatic rings. The number of fused-ring (bicyclic) bond motifs is 1. The van der Waals surface area contributed by atoms with Crippen molar-refractivity contribution in [1.82, 2.24) is 14.5 Å². The second kappa shape index (κ2) is 5.31. The summed E-state index contributed by atoms with van der Waals surface area (Å²) in [7, 11) is 0. The summed E-state index contributed by atoms with van der Waals surface area (Å²) in [6.45, 7) is -0.558. The van der Waals surface area contributed by atoms with Crippen LogP contribution >= 0.6 is 0 Å². The predicted octanol–water partition coefficient (Wildman–Crippen LogP) is -3.72. The van der Waals surface area contributed by atoms with E-state index in [9.17, 15) is 24.9 Å². The van der Waals surface area contributed by atoms with E-state index in [1.54, 1.807) is 0 Å². The number of nitrogens with one attached hydrogen (secondary N) is 1. The van der Waals surface area contributed by atoms with Gasteiger partial charge in [0.25, 0.3) is 5.56 Å². The molecule has 1 fully saturated rings. The summed E-state index contributed by atoms with van der Waals surface area (Å²) in [5.74, 6) is -1.89. The molecule has 3 rings (SSSR count). The number of anilines is 1. The first-order chi connectivity index (χ1) is 10.8. The fourth-order valence-electron chi connectivity index (χ4n) is 2.63. The normalized spacial score (nSPS) is 27.6. The minimum Gasteiger partial charge on any atom is -0.545 e. The van der Waals surface area contributed by atoms with Gasteiger partial charge in [-0.15, -0.1) is 0 Å². The average molecular weight is 325 g/mol. The Bertz CT molecular complexity index is 829. The molecule has 0 spiro atoms. The van der Waals surface area contributed by atoms with Crippen LogP contribution < -0.4 is 16.4 Å². The number of H-pyrrole nitrogens is 1. The molecule has 1 aliphatic heterocycles. The SMILES string of the molecule is Nc1nc2c(c(C(=O)[O-])cn2[C@@H]2O[C@H](CO)[C@@H](O)[C@H]2O)c(=O)[nH]1. The number of aromatic carboxylic acids is 1. The zero-order chi connectivity index (χ0) is 16.9. The Hall–Kier alpha value is -2.47. The van der Waals surface area contributed by atoms with Crippen LogP contribution in [0.15, 0.2) is 11.0 Å². The monoisotopic (exact) mass is 325 g/mol. The van der Waals surface area contributed by atoms with Crippen LogP contribution in [-0.2, 0) is 4.74 Å². The number of ether oxygens (including phenoxy) is 1. The first-order valence-corrected chi connectivity index (χ1v) is 6.59. The van der Waals surface area contributed by atoms with Crippen LogP contribution in [0.2, 0.25) is 0 Å². The summed E-state index contributed by atoms with van der Waals surface area (Å²) in [5, 5.41) is 39.9. The lowest BCUT2D eigenvalue weighted by atomic mass is 10.1. The van der Waals surface area contributed by atoms with Crippen LogP contribution in [0.4, 0.5) is 5.95 Å². The van der Waals surface area contributed by atoms with Crippen LogP contribution in [0.25, 0.3) is 11.0 Å². The number of nitrogens with zero attached hydrogens (tertiary/aromatic N) is 2. The molecule has 6 N–H and O–H groups in total. The second-order valence-corrected chi connectivity index (χ2v) is 5.12. The number of nitrogen functional groups attached to an aromatic ring is 1. The largest absolute Gasteiger partial charge is 0.545 e. The van der Waals surface area contributed by atoms with Crippen molar-refractivity contribution >= 4 is 23.0 Å². The quantitative estimate of drug-likeness (QED) is 0.378. The van der Waals surface area contributed by atoms with Crippen molar-refractivity contribution in [2.75, 3.05) is 12.3 Å². The number of aliphatic hydroxyl groups is 3. The van der Waals surface area contributed by atoms with Gasteiger partial charge < -0.3 is 40.3 Å². The van der Waals surface area contributed by atoms with Crippen molar-refractivity contribution in [2.24, 2.45) is 0 Å². The highest BCUT2D eigenvalue weighted by Crippen LogP contribution is 2.32. The molecule has 124 valence electrons. The average Bonchev–Trinajstić information content (AvgIpc) is 2.99. The molecular formula is C12H13N4O7-. The van der Waals surface area contributed by atoms with Gasteiger partial charge in [-0.25, -0.2) is 0 Å². The highest BCUT2D eigenvalue weighted by atomic mass is 16.6. The van der Waals surface area contributed by atoms with Crippen LogP contribution in [-0.4, -0.2) is 60.7 Å². The Labute approximate surface area is 127 Å².